The van der Waals surface area contributed by atoms with Crippen LogP contribution in [0.15, 0.2) is 24.5 Å². The molecular weight excluding hydrogens is 266 g/mol. The molecule has 0 aromatic carbocycles. The van der Waals surface area contributed by atoms with Gasteiger partial charge in [-0.05, 0) is 39.3 Å². The molecule has 6 heteroatoms. The van der Waals surface area contributed by atoms with Gasteiger partial charge in [0.1, 0.15) is 0 Å². The van der Waals surface area contributed by atoms with E-state index in [9.17, 15) is 4.79 Å². The molecule has 0 spiro atoms. The summed E-state index contributed by atoms with van der Waals surface area (Å²) in [6.07, 6.45) is 3.43. The average Bonchev–Trinajstić information content (AvgIpc) is 2.74. The second-order valence-corrected chi connectivity index (χ2v) is 5.25. The summed E-state index contributed by atoms with van der Waals surface area (Å²) in [5.41, 5.74) is 3.50. The van der Waals surface area contributed by atoms with E-state index < -0.39 is 0 Å². The van der Waals surface area contributed by atoms with E-state index in [2.05, 4.69) is 34.6 Å². The van der Waals surface area contributed by atoms with Crippen molar-refractivity contribution in [3.05, 3.63) is 41.5 Å². The summed E-state index contributed by atoms with van der Waals surface area (Å²) in [6.45, 7) is 8.41. The minimum Gasteiger partial charge on any atom is -0.334 e. The van der Waals surface area contributed by atoms with Gasteiger partial charge in [-0.2, -0.15) is 5.10 Å². The zero-order chi connectivity index (χ0) is 15.4. The summed E-state index contributed by atoms with van der Waals surface area (Å²) in [7, 11) is 0. The molecule has 2 amide bonds. The number of carbonyl (C=O) groups excluding carboxylic acids is 1. The molecule has 2 rings (SSSR count). The van der Waals surface area contributed by atoms with Gasteiger partial charge in [0.25, 0.3) is 0 Å². The summed E-state index contributed by atoms with van der Waals surface area (Å²) in [5, 5.41) is 10.1. The number of anilines is 1. The number of urea groups is 1. The molecule has 0 fully saturated rings. The largest absolute Gasteiger partial charge is 0.334 e. The Balaban J connectivity index is 2.00. The van der Waals surface area contributed by atoms with E-state index in [1.807, 2.05) is 30.7 Å². The molecule has 2 N–H and O–H groups in total. The van der Waals surface area contributed by atoms with Gasteiger partial charge in [-0.3, -0.25) is 9.67 Å². The number of carbonyl (C=O) groups is 1. The number of pyridine rings is 1. The standard InChI is InChI=1S/C15H21N5O/c1-10(2)20-12(4)14(11(3)19-20)18-15(21)17-9-13-6-5-7-16-8-13/h5-8,10H,9H2,1-4H3,(H2,17,18,21). The maximum atomic E-state index is 12.0. The lowest BCUT2D eigenvalue weighted by atomic mass is 10.3. The Morgan fingerprint density at radius 3 is 2.71 bits per heavy atom. The Morgan fingerprint density at radius 1 is 1.38 bits per heavy atom. The number of hydrogen-bond donors (Lipinski definition) is 2. The molecule has 2 heterocycles. The number of amides is 2. The number of rotatable bonds is 4. The van der Waals surface area contributed by atoms with E-state index in [1.165, 1.54) is 0 Å². The lowest BCUT2D eigenvalue weighted by molar-refractivity contribution is 0.251. The number of aromatic nitrogens is 3. The fourth-order valence-electron chi connectivity index (χ4n) is 2.19. The third-order valence-corrected chi connectivity index (χ3v) is 3.23. The van der Waals surface area contributed by atoms with Crippen LogP contribution in [0.5, 0.6) is 0 Å². The van der Waals surface area contributed by atoms with Gasteiger partial charge in [-0.15, -0.1) is 0 Å². The molecule has 0 unspecified atom stereocenters. The Bertz CT molecular complexity index is 618. The molecule has 0 bridgehead atoms. The fourth-order valence-corrected chi connectivity index (χ4v) is 2.19. The Morgan fingerprint density at radius 2 is 2.14 bits per heavy atom. The van der Waals surface area contributed by atoms with Crippen molar-refractivity contribution in [1.82, 2.24) is 20.1 Å². The van der Waals surface area contributed by atoms with Crippen molar-refractivity contribution >= 4 is 11.7 Å². The first-order valence-electron chi connectivity index (χ1n) is 6.98. The Labute approximate surface area is 124 Å². The van der Waals surface area contributed by atoms with Crippen molar-refractivity contribution in [2.24, 2.45) is 0 Å². The van der Waals surface area contributed by atoms with Crippen LogP contribution in [0.4, 0.5) is 10.5 Å². The van der Waals surface area contributed by atoms with Crippen LogP contribution in [0.1, 0.15) is 36.8 Å². The summed E-state index contributed by atoms with van der Waals surface area (Å²) in [5.74, 6) is 0. The van der Waals surface area contributed by atoms with E-state index in [4.69, 9.17) is 0 Å². The van der Waals surface area contributed by atoms with Crippen LogP contribution in [-0.2, 0) is 6.54 Å². The van der Waals surface area contributed by atoms with Crippen LogP contribution in [0.2, 0.25) is 0 Å². The van der Waals surface area contributed by atoms with Crippen LogP contribution < -0.4 is 10.6 Å². The maximum Gasteiger partial charge on any atom is 0.319 e. The topological polar surface area (TPSA) is 71.8 Å². The molecule has 0 aliphatic rings. The Kier molecular flexibility index (Phi) is 4.57. The van der Waals surface area contributed by atoms with Crippen molar-refractivity contribution in [2.75, 3.05) is 5.32 Å². The van der Waals surface area contributed by atoms with E-state index in [0.717, 1.165) is 22.6 Å². The molecule has 6 nitrogen and oxygen atoms in total. The summed E-state index contributed by atoms with van der Waals surface area (Å²) < 4.78 is 1.91. The summed E-state index contributed by atoms with van der Waals surface area (Å²) >= 11 is 0. The first-order chi connectivity index (χ1) is 9.99. The SMILES string of the molecule is Cc1nn(C(C)C)c(C)c1NC(=O)NCc1cccnc1. The minimum atomic E-state index is -0.242. The molecule has 2 aromatic rings. The molecule has 0 saturated heterocycles. The molecule has 0 aliphatic carbocycles. The lowest BCUT2D eigenvalue weighted by Crippen LogP contribution is -2.28. The smallest absolute Gasteiger partial charge is 0.319 e. The van der Waals surface area contributed by atoms with Crippen molar-refractivity contribution < 1.29 is 4.79 Å². The summed E-state index contributed by atoms with van der Waals surface area (Å²) in [6, 6.07) is 3.78. The van der Waals surface area contributed by atoms with Crippen LogP contribution in [0.25, 0.3) is 0 Å². The van der Waals surface area contributed by atoms with Crippen molar-refractivity contribution in [2.45, 2.75) is 40.3 Å². The fraction of sp³-hybridized carbons (Fsp3) is 0.400. The van der Waals surface area contributed by atoms with E-state index in [1.54, 1.807) is 12.4 Å². The monoisotopic (exact) mass is 287 g/mol. The van der Waals surface area contributed by atoms with E-state index in [0.29, 0.717) is 6.54 Å². The summed E-state index contributed by atoms with van der Waals surface area (Å²) in [4.78, 5) is 16.0. The van der Waals surface area contributed by atoms with Crippen LogP contribution in [0, 0.1) is 13.8 Å². The lowest BCUT2D eigenvalue weighted by Gasteiger charge is -2.10. The second kappa shape index (κ2) is 6.39. The normalized spacial score (nSPS) is 10.7. The van der Waals surface area contributed by atoms with Crippen LogP contribution in [0.3, 0.4) is 0 Å². The highest BCUT2D eigenvalue weighted by Gasteiger charge is 2.15. The molecule has 2 aromatic heterocycles. The highest BCUT2D eigenvalue weighted by Crippen LogP contribution is 2.22. The molecule has 0 atom stereocenters. The second-order valence-electron chi connectivity index (χ2n) is 5.25. The quantitative estimate of drug-likeness (QED) is 0.908. The number of aryl methyl sites for hydroxylation is 1. The third-order valence-electron chi connectivity index (χ3n) is 3.23. The average molecular weight is 287 g/mol. The molecule has 0 saturated carbocycles. The predicted molar refractivity (Wildman–Crippen MR) is 82.2 cm³/mol. The van der Waals surface area contributed by atoms with Crippen LogP contribution >= 0.6 is 0 Å². The number of nitrogens with one attached hydrogen (secondary N) is 2. The van der Waals surface area contributed by atoms with Gasteiger partial charge in [0.2, 0.25) is 0 Å². The minimum absolute atomic E-state index is 0.242. The molecule has 0 radical (unpaired) electrons. The van der Waals surface area contributed by atoms with E-state index in [-0.39, 0.29) is 12.1 Å². The number of hydrogen-bond acceptors (Lipinski definition) is 3. The first-order valence-corrected chi connectivity index (χ1v) is 6.98. The van der Waals surface area contributed by atoms with Crippen molar-refractivity contribution in [1.29, 1.82) is 0 Å². The van der Waals surface area contributed by atoms with Gasteiger partial charge < -0.3 is 10.6 Å². The predicted octanol–water partition coefficient (Wildman–Crippen LogP) is 2.80. The van der Waals surface area contributed by atoms with Crippen LogP contribution in [-0.4, -0.2) is 20.8 Å². The maximum absolute atomic E-state index is 12.0. The first kappa shape index (κ1) is 15.0. The van der Waals surface area contributed by atoms with Gasteiger partial charge >= 0.3 is 6.03 Å². The van der Waals surface area contributed by atoms with Crippen molar-refractivity contribution in [3.63, 3.8) is 0 Å². The van der Waals surface area contributed by atoms with Gasteiger partial charge in [0.05, 0.1) is 17.1 Å². The number of nitrogens with zero attached hydrogens (tertiary/aromatic N) is 3. The van der Waals surface area contributed by atoms with Gasteiger partial charge in [-0.1, -0.05) is 6.07 Å². The molecular formula is C15H21N5O. The molecule has 0 aliphatic heterocycles. The molecule has 112 valence electrons. The van der Waals surface area contributed by atoms with Gasteiger partial charge in [0, 0.05) is 25.0 Å². The van der Waals surface area contributed by atoms with Gasteiger partial charge in [0.15, 0.2) is 0 Å². The third kappa shape index (κ3) is 3.59. The highest BCUT2D eigenvalue weighted by atomic mass is 16.2. The molecule has 21 heavy (non-hydrogen) atoms. The highest BCUT2D eigenvalue weighted by molar-refractivity contribution is 5.90. The van der Waals surface area contributed by atoms with Crippen molar-refractivity contribution in [3.8, 4) is 0 Å². The zero-order valence-corrected chi connectivity index (χ0v) is 12.8. The van der Waals surface area contributed by atoms with Gasteiger partial charge in [-0.25, -0.2) is 4.79 Å². The van der Waals surface area contributed by atoms with E-state index >= 15 is 0 Å². The Hall–Kier alpha value is -2.37. The zero-order valence-electron chi connectivity index (χ0n) is 12.8.